The van der Waals surface area contributed by atoms with E-state index in [2.05, 4.69) is 0 Å². The molecule has 0 radical (unpaired) electrons. The van der Waals surface area contributed by atoms with Crippen LogP contribution in [-0.4, -0.2) is 11.0 Å². The molecule has 3 nitrogen and oxygen atoms in total. The van der Waals surface area contributed by atoms with Gasteiger partial charge in [0.1, 0.15) is 11.9 Å². The van der Waals surface area contributed by atoms with Crippen LogP contribution in [0.3, 0.4) is 0 Å². The highest BCUT2D eigenvalue weighted by atomic mass is 19.1. The highest BCUT2D eigenvalue weighted by Gasteiger charge is 2.09. The van der Waals surface area contributed by atoms with Crippen LogP contribution in [-0.2, 0) is 4.79 Å². The van der Waals surface area contributed by atoms with Crippen LogP contribution in [0.25, 0.3) is 0 Å². The van der Waals surface area contributed by atoms with Crippen molar-refractivity contribution in [3.8, 4) is 0 Å². The van der Waals surface area contributed by atoms with E-state index in [9.17, 15) is 14.3 Å². The molecule has 1 rings (SSSR count). The fourth-order valence-corrected chi connectivity index (χ4v) is 1.79. The van der Waals surface area contributed by atoms with Crippen LogP contribution in [0.5, 0.6) is 0 Å². The molecule has 1 aromatic carbocycles. The van der Waals surface area contributed by atoms with Crippen LogP contribution in [0.4, 0.5) is 4.39 Å². The maximum absolute atomic E-state index is 12.8. The summed E-state index contributed by atoms with van der Waals surface area (Å²) in [6.07, 6.45) is 4.15. The Morgan fingerprint density at radius 2 is 1.81 bits per heavy atom. The van der Waals surface area contributed by atoms with Gasteiger partial charge in [0.25, 0.3) is 0 Å². The van der Waals surface area contributed by atoms with Gasteiger partial charge in [-0.05, 0) is 50.1 Å². The van der Waals surface area contributed by atoms with E-state index < -0.39 is 12.0 Å². The fraction of sp³-hybridized carbons (Fsp3) is 0.235. The summed E-state index contributed by atoms with van der Waals surface area (Å²) in [4.78, 5) is 11.2. The SMILES string of the molecule is CC(C)=C(/C=C\C=C(/C)C(O)c1ccc(F)cc1)C(N)=O. The monoisotopic (exact) mass is 289 g/mol. The molecule has 1 atom stereocenters. The predicted molar refractivity (Wildman–Crippen MR) is 81.8 cm³/mol. The second-order valence-electron chi connectivity index (χ2n) is 5.00. The normalized spacial score (nSPS) is 13.3. The number of benzene rings is 1. The van der Waals surface area contributed by atoms with E-state index in [4.69, 9.17) is 5.73 Å². The van der Waals surface area contributed by atoms with E-state index in [1.165, 1.54) is 24.3 Å². The van der Waals surface area contributed by atoms with Crippen LogP contribution < -0.4 is 5.73 Å². The summed E-state index contributed by atoms with van der Waals surface area (Å²) < 4.78 is 12.8. The van der Waals surface area contributed by atoms with Gasteiger partial charge in [-0.3, -0.25) is 4.79 Å². The Morgan fingerprint density at radius 1 is 1.24 bits per heavy atom. The van der Waals surface area contributed by atoms with Crippen molar-refractivity contribution < 1.29 is 14.3 Å². The topological polar surface area (TPSA) is 63.3 Å². The molecule has 0 fully saturated rings. The zero-order valence-electron chi connectivity index (χ0n) is 12.4. The lowest BCUT2D eigenvalue weighted by Gasteiger charge is -2.11. The van der Waals surface area contributed by atoms with E-state index in [0.29, 0.717) is 16.7 Å². The molecule has 0 saturated heterocycles. The first-order valence-electron chi connectivity index (χ1n) is 6.58. The Hall–Kier alpha value is -2.20. The number of hydrogen-bond donors (Lipinski definition) is 2. The van der Waals surface area contributed by atoms with Gasteiger partial charge in [0.15, 0.2) is 0 Å². The molecule has 21 heavy (non-hydrogen) atoms. The van der Waals surface area contributed by atoms with Crippen molar-refractivity contribution in [1.82, 2.24) is 0 Å². The first-order valence-corrected chi connectivity index (χ1v) is 6.58. The molecule has 0 aliphatic carbocycles. The van der Waals surface area contributed by atoms with E-state index in [1.54, 1.807) is 39.0 Å². The zero-order valence-corrected chi connectivity index (χ0v) is 12.4. The standard InChI is InChI=1S/C17H20FNO2/c1-11(2)15(17(19)21)6-4-5-12(3)16(20)13-7-9-14(18)10-8-13/h4-10,16,20H,1-3H3,(H2,19,21)/b6-4-,12-5+. The number of nitrogens with two attached hydrogens (primary N) is 1. The minimum Gasteiger partial charge on any atom is -0.384 e. The number of allylic oxidation sites excluding steroid dienone is 3. The number of hydrogen-bond acceptors (Lipinski definition) is 2. The minimum atomic E-state index is -0.820. The van der Waals surface area contributed by atoms with E-state index in [0.717, 1.165) is 5.57 Å². The number of halogens is 1. The van der Waals surface area contributed by atoms with Gasteiger partial charge in [-0.1, -0.05) is 29.9 Å². The van der Waals surface area contributed by atoms with Gasteiger partial charge < -0.3 is 10.8 Å². The molecule has 0 spiro atoms. The van der Waals surface area contributed by atoms with Gasteiger partial charge in [0.05, 0.1) is 0 Å². The lowest BCUT2D eigenvalue weighted by Crippen LogP contribution is -2.13. The Labute approximate surface area is 124 Å². The molecular weight excluding hydrogens is 269 g/mol. The summed E-state index contributed by atoms with van der Waals surface area (Å²) in [5.74, 6) is -0.835. The first-order chi connectivity index (χ1) is 9.82. The molecule has 0 aromatic heterocycles. The number of carbonyl (C=O) groups excluding carboxylic acids is 1. The van der Waals surface area contributed by atoms with Gasteiger partial charge in [-0.25, -0.2) is 4.39 Å². The van der Waals surface area contributed by atoms with Crippen LogP contribution in [0.15, 0.2) is 59.2 Å². The summed E-state index contributed by atoms with van der Waals surface area (Å²) in [7, 11) is 0. The number of aliphatic hydroxyl groups is 1. The summed E-state index contributed by atoms with van der Waals surface area (Å²) in [6.45, 7) is 5.35. The van der Waals surface area contributed by atoms with Crippen LogP contribution in [0.1, 0.15) is 32.4 Å². The van der Waals surface area contributed by atoms with Crippen LogP contribution in [0.2, 0.25) is 0 Å². The molecule has 0 saturated carbocycles. The Kier molecular flexibility index (Phi) is 6.06. The average Bonchev–Trinajstić information content (AvgIpc) is 2.42. The summed E-state index contributed by atoms with van der Waals surface area (Å²) in [5.41, 5.74) is 7.81. The summed E-state index contributed by atoms with van der Waals surface area (Å²) in [6, 6.07) is 5.67. The molecule has 0 heterocycles. The van der Waals surface area contributed by atoms with Gasteiger partial charge in [-0.2, -0.15) is 0 Å². The van der Waals surface area contributed by atoms with Gasteiger partial charge in [0, 0.05) is 5.57 Å². The van der Waals surface area contributed by atoms with Gasteiger partial charge in [0.2, 0.25) is 5.91 Å². The molecule has 3 N–H and O–H groups in total. The second kappa shape index (κ2) is 7.55. The number of rotatable bonds is 5. The fourth-order valence-electron chi connectivity index (χ4n) is 1.79. The third kappa shape index (κ3) is 5.00. The Balaban J connectivity index is 2.87. The van der Waals surface area contributed by atoms with Crippen LogP contribution >= 0.6 is 0 Å². The number of primary amides is 1. The molecule has 112 valence electrons. The van der Waals surface area contributed by atoms with Gasteiger partial charge in [-0.15, -0.1) is 0 Å². The highest BCUT2D eigenvalue weighted by Crippen LogP contribution is 2.21. The van der Waals surface area contributed by atoms with Crippen molar-refractivity contribution in [3.05, 3.63) is 70.6 Å². The number of carbonyl (C=O) groups is 1. The van der Waals surface area contributed by atoms with Crippen molar-refractivity contribution in [2.45, 2.75) is 26.9 Å². The molecular formula is C17H20FNO2. The lowest BCUT2D eigenvalue weighted by atomic mass is 10.0. The third-order valence-electron chi connectivity index (χ3n) is 3.04. The molecule has 1 aromatic rings. The van der Waals surface area contributed by atoms with Crippen LogP contribution in [0, 0.1) is 5.82 Å². The zero-order chi connectivity index (χ0) is 16.0. The van der Waals surface area contributed by atoms with Crippen molar-refractivity contribution in [1.29, 1.82) is 0 Å². The summed E-state index contributed by atoms with van der Waals surface area (Å²) in [5, 5.41) is 10.1. The lowest BCUT2D eigenvalue weighted by molar-refractivity contribution is -0.114. The van der Waals surface area contributed by atoms with Crippen molar-refractivity contribution in [3.63, 3.8) is 0 Å². The molecule has 0 bridgehead atoms. The highest BCUT2D eigenvalue weighted by molar-refractivity contribution is 5.95. The molecule has 0 aliphatic rings. The number of amides is 1. The largest absolute Gasteiger partial charge is 0.384 e. The molecule has 1 amide bonds. The van der Waals surface area contributed by atoms with E-state index in [-0.39, 0.29) is 5.82 Å². The maximum Gasteiger partial charge on any atom is 0.248 e. The van der Waals surface area contributed by atoms with E-state index in [1.807, 2.05) is 0 Å². The van der Waals surface area contributed by atoms with Gasteiger partial charge >= 0.3 is 0 Å². The van der Waals surface area contributed by atoms with Crippen molar-refractivity contribution in [2.75, 3.05) is 0 Å². The Morgan fingerprint density at radius 3 is 2.29 bits per heavy atom. The minimum absolute atomic E-state index is 0.345. The third-order valence-corrected chi connectivity index (χ3v) is 3.04. The number of aliphatic hydroxyl groups excluding tert-OH is 1. The van der Waals surface area contributed by atoms with Crippen molar-refractivity contribution >= 4 is 5.91 Å². The quantitative estimate of drug-likeness (QED) is 0.646. The molecule has 0 aliphatic heterocycles. The predicted octanol–water partition coefficient (Wildman–Crippen LogP) is 3.18. The summed E-state index contributed by atoms with van der Waals surface area (Å²) >= 11 is 0. The average molecular weight is 289 g/mol. The smallest absolute Gasteiger partial charge is 0.248 e. The van der Waals surface area contributed by atoms with Crippen molar-refractivity contribution in [2.24, 2.45) is 5.73 Å². The second-order valence-corrected chi connectivity index (χ2v) is 5.00. The molecule has 1 unspecified atom stereocenters. The maximum atomic E-state index is 12.8. The first kappa shape index (κ1) is 16.9. The van der Waals surface area contributed by atoms with E-state index >= 15 is 0 Å². The Bertz CT molecular complexity index is 594. The molecule has 4 heteroatoms.